The molecule has 2 aromatic rings. The third-order valence-corrected chi connectivity index (χ3v) is 4.91. The number of rotatable bonds is 5. The van der Waals surface area contributed by atoms with E-state index in [4.69, 9.17) is 4.42 Å². The Kier molecular flexibility index (Phi) is 6.45. The van der Waals surface area contributed by atoms with E-state index in [0.717, 1.165) is 0 Å². The van der Waals surface area contributed by atoms with Crippen LogP contribution in [0, 0.1) is 5.82 Å². The Bertz CT molecular complexity index is 860. The minimum absolute atomic E-state index is 0.0586. The Hall–Kier alpha value is -2.68. The second kappa shape index (κ2) is 9.01. The molecule has 0 saturated carbocycles. The molecule has 28 heavy (non-hydrogen) atoms. The van der Waals surface area contributed by atoms with Crippen LogP contribution in [0.15, 0.2) is 45.5 Å². The number of nitrogens with zero attached hydrogens (tertiary/aromatic N) is 1. The van der Waals surface area contributed by atoms with Gasteiger partial charge in [0.05, 0.1) is 6.54 Å². The summed E-state index contributed by atoms with van der Waals surface area (Å²) in [4.78, 5) is 38.0. The van der Waals surface area contributed by atoms with E-state index in [2.05, 4.69) is 26.6 Å². The van der Waals surface area contributed by atoms with E-state index in [1.807, 2.05) is 0 Å². The van der Waals surface area contributed by atoms with Gasteiger partial charge in [-0.15, -0.1) is 0 Å². The van der Waals surface area contributed by atoms with Crippen LogP contribution in [-0.2, 0) is 4.79 Å². The number of carbonyl (C=O) groups excluding carboxylic acids is 3. The molecule has 7 nitrogen and oxygen atoms in total. The number of piperidine rings is 1. The van der Waals surface area contributed by atoms with Crippen molar-refractivity contribution in [3.63, 3.8) is 0 Å². The maximum atomic E-state index is 12.9. The standard InChI is InChI=1S/C19H19BrFN3O4/c20-16-6-5-15(28-16)19(27)22-11-17(25)24-9-7-14(8-10-24)23-18(26)12-1-3-13(21)4-2-12/h1-6,14H,7-11H2,(H,22,27)(H,23,26). The van der Waals surface area contributed by atoms with Crippen LogP contribution in [0.2, 0.25) is 0 Å². The summed E-state index contributed by atoms with van der Waals surface area (Å²) in [5.74, 6) is -1.18. The summed E-state index contributed by atoms with van der Waals surface area (Å²) < 4.78 is 18.5. The van der Waals surface area contributed by atoms with Crippen molar-refractivity contribution >= 4 is 33.7 Å². The summed E-state index contributed by atoms with van der Waals surface area (Å²) in [7, 11) is 0. The van der Waals surface area contributed by atoms with Gasteiger partial charge in [0.1, 0.15) is 5.82 Å². The minimum atomic E-state index is -0.458. The molecule has 1 aliphatic heterocycles. The highest BCUT2D eigenvalue weighted by Crippen LogP contribution is 2.14. The number of benzene rings is 1. The molecule has 148 valence electrons. The summed E-state index contributed by atoms with van der Waals surface area (Å²) in [5.41, 5.74) is 0.396. The van der Waals surface area contributed by atoms with Crippen molar-refractivity contribution in [3.8, 4) is 0 Å². The number of hydrogen-bond acceptors (Lipinski definition) is 4. The topological polar surface area (TPSA) is 91.7 Å². The number of nitrogens with one attached hydrogen (secondary N) is 2. The van der Waals surface area contributed by atoms with Crippen molar-refractivity contribution in [1.82, 2.24) is 15.5 Å². The van der Waals surface area contributed by atoms with E-state index in [-0.39, 0.29) is 30.2 Å². The fourth-order valence-electron chi connectivity index (χ4n) is 2.93. The number of hydrogen-bond donors (Lipinski definition) is 2. The first-order chi connectivity index (χ1) is 13.4. The molecule has 1 aromatic carbocycles. The summed E-state index contributed by atoms with van der Waals surface area (Å²) in [6, 6.07) is 8.41. The molecule has 0 aliphatic carbocycles. The molecule has 0 atom stereocenters. The second-order valence-electron chi connectivity index (χ2n) is 6.42. The van der Waals surface area contributed by atoms with Crippen LogP contribution in [0.3, 0.4) is 0 Å². The van der Waals surface area contributed by atoms with E-state index in [0.29, 0.717) is 36.2 Å². The lowest BCUT2D eigenvalue weighted by Gasteiger charge is -2.32. The Morgan fingerprint density at radius 2 is 1.75 bits per heavy atom. The van der Waals surface area contributed by atoms with Crippen LogP contribution in [0.5, 0.6) is 0 Å². The van der Waals surface area contributed by atoms with Gasteiger partial charge in [-0.25, -0.2) is 4.39 Å². The fourth-order valence-corrected chi connectivity index (χ4v) is 3.24. The molecular formula is C19H19BrFN3O4. The van der Waals surface area contributed by atoms with Crippen LogP contribution < -0.4 is 10.6 Å². The largest absolute Gasteiger partial charge is 0.444 e. The number of likely N-dealkylation sites (tertiary alicyclic amines) is 1. The Morgan fingerprint density at radius 1 is 1.07 bits per heavy atom. The van der Waals surface area contributed by atoms with Crippen molar-refractivity contribution in [1.29, 1.82) is 0 Å². The number of amides is 3. The van der Waals surface area contributed by atoms with Crippen LogP contribution >= 0.6 is 15.9 Å². The lowest BCUT2D eigenvalue weighted by molar-refractivity contribution is -0.131. The van der Waals surface area contributed by atoms with Gasteiger partial charge >= 0.3 is 0 Å². The maximum Gasteiger partial charge on any atom is 0.287 e. The molecule has 1 saturated heterocycles. The van der Waals surface area contributed by atoms with Crippen LogP contribution in [0.1, 0.15) is 33.8 Å². The Balaban J connectivity index is 1.41. The average molecular weight is 452 g/mol. The van der Waals surface area contributed by atoms with E-state index in [1.54, 1.807) is 11.0 Å². The van der Waals surface area contributed by atoms with Crippen LogP contribution in [0.4, 0.5) is 4.39 Å². The molecule has 9 heteroatoms. The number of furan rings is 1. The van der Waals surface area contributed by atoms with Crippen molar-refractivity contribution in [3.05, 3.63) is 58.2 Å². The van der Waals surface area contributed by atoms with Gasteiger partial charge in [-0.3, -0.25) is 14.4 Å². The summed E-state index contributed by atoms with van der Waals surface area (Å²) in [5, 5.41) is 5.44. The van der Waals surface area contributed by atoms with E-state index in [9.17, 15) is 18.8 Å². The first kappa shape index (κ1) is 20.1. The molecular weight excluding hydrogens is 433 g/mol. The molecule has 0 bridgehead atoms. The van der Waals surface area contributed by atoms with Gasteiger partial charge in [-0.1, -0.05) is 0 Å². The molecule has 1 fully saturated rings. The van der Waals surface area contributed by atoms with E-state index in [1.165, 1.54) is 30.3 Å². The van der Waals surface area contributed by atoms with Crippen molar-refractivity contribution in [2.75, 3.05) is 19.6 Å². The molecule has 3 amide bonds. The van der Waals surface area contributed by atoms with Gasteiger partial charge in [-0.2, -0.15) is 0 Å². The summed E-state index contributed by atoms with van der Waals surface area (Å²) in [6.45, 7) is 0.842. The smallest absolute Gasteiger partial charge is 0.287 e. The first-order valence-electron chi connectivity index (χ1n) is 8.80. The van der Waals surface area contributed by atoms with Crippen molar-refractivity contribution in [2.24, 2.45) is 0 Å². The number of halogens is 2. The molecule has 0 radical (unpaired) electrons. The SMILES string of the molecule is O=C(NC1CCN(C(=O)CNC(=O)c2ccc(Br)o2)CC1)c1ccc(F)cc1. The molecule has 3 rings (SSSR count). The number of carbonyl (C=O) groups is 3. The van der Waals surface area contributed by atoms with Gasteiger partial charge in [0.15, 0.2) is 10.4 Å². The molecule has 1 aliphatic rings. The highest BCUT2D eigenvalue weighted by molar-refractivity contribution is 9.10. The quantitative estimate of drug-likeness (QED) is 0.729. The second-order valence-corrected chi connectivity index (χ2v) is 7.20. The molecule has 0 spiro atoms. The normalized spacial score (nSPS) is 14.6. The van der Waals surface area contributed by atoms with Gasteiger partial charge in [0.25, 0.3) is 11.8 Å². The molecule has 0 unspecified atom stereocenters. The van der Waals surface area contributed by atoms with Gasteiger partial charge in [0, 0.05) is 24.7 Å². The molecule has 2 heterocycles. The first-order valence-corrected chi connectivity index (χ1v) is 9.59. The zero-order valence-electron chi connectivity index (χ0n) is 14.9. The van der Waals surface area contributed by atoms with Crippen molar-refractivity contribution < 1.29 is 23.2 Å². The van der Waals surface area contributed by atoms with E-state index < -0.39 is 11.7 Å². The third kappa shape index (κ3) is 5.19. The Morgan fingerprint density at radius 3 is 2.36 bits per heavy atom. The van der Waals surface area contributed by atoms with Crippen LogP contribution in [0.25, 0.3) is 0 Å². The summed E-state index contributed by atoms with van der Waals surface area (Å²) in [6.07, 6.45) is 1.22. The van der Waals surface area contributed by atoms with Gasteiger partial charge in [-0.05, 0) is 65.2 Å². The lowest BCUT2D eigenvalue weighted by Crippen LogP contribution is -2.49. The highest BCUT2D eigenvalue weighted by Gasteiger charge is 2.24. The molecule has 1 aromatic heterocycles. The van der Waals surface area contributed by atoms with E-state index >= 15 is 0 Å². The minimum Gasteiger partial charge on any atom is -0.444 e. The van der Waals surface area contributed by atoms with Crippen molar-refractivity contribution in [2.45, 2.75) is 18.9 Å². The fraction of sp³-hybridized carbons (Fsp3) is 0.316. The van der Waals surface area contributed by atoms with Gasteiger partial charge in [0.2, 0.25) is 5.91 Å². The predicted octanol–water partition coefficient (Wildman–Crippen LogP) is 2.33. The third-order valence-electron chi connectivity index (χ3n) is 4.49. The lowest BCUT2D eigenvalue weighted by atomic mass is 10.0. The van der Waals surface area contributed by atoms with Crippen LogP contribution in [-0.4, -0.2) is 48.3 Å². The Labute approximate surface area is 169 Å². The average Bonchev–Trinajstić information content (AvgIpc) is 3.13. The predicted molar refractivity (Wildman–Crippen MR) is 102 cm³/mol. The maximum absolute atomic E-state index is 12.9. The zero-order chi connectivity index (χ0) is 20.1. The monoisotopic (exact) mass is 451 g/mol. The molecule has 2 N–H and O–H groups in total. The van der Waals surface area contributed by atoms with Gasteiger partial charge < -0.3 is 20.0 Å². The highest BCUT2D eigenvalue weighted by atomic mass is 79.9. The summed E-state index contributed by atoms with van der Waals surface area (Å²) >= 11 is 3.12. The zero-order valence-corrected chi connectivity index (χ0v) is 16.5.